The van der Waals surface area contributed by atoms with Crippen molar-refractivity contribution in [3.8, 4) is 16.9 Å². The summed E-state index contributed by atoms with van der Waals surface area (Å²) in [5.74, 6) is -2.62. The van der Waals surface area contributed by atoms with Crippen LogP contribution < -0.4 is 0 Å². The van der Waals surface area contributed by atoms with Crippen molar-refractivity contribution in [3.05, 3.63) is 66.1 Å². The van der Waals surface area contributed by atoms with E-state index in [1.807, 2.05) is 0 Å². The van der Waals surface area contributed by atoms with Crippen LogP contribution in [0, 0.1) is 23.5 Å². The highest BCUT2D eigenvalue weighted by molar-refractivity contribution is 5.94. The Morgan fingerprint density at radius 3 is 2.68 bits per heavy atom. The molecule has 2 atom stereocenters. The topological polar surface area (TPSA) is 77.3 Å². The van der Waals surface area contributed by atoms with E-state index >= 15 is 0 Å². The molecule has 4 heterocycles. The van der Waals surface area contributed by atoms with E-state index in [4.69, 9.17) is 4.74 Å². The fraction of sp³-hybridized carbons (Fsp3) is 0.273. The van der Waals surface area contributed by atoms with Gasteiger partial charge >= 0.3 is 5.97 Å². The van der Waals surface area contributed by atoms with E-state index < -0.39 is 11.6 Å². The first-order chi connectivity index (χ1) is 15.0. The van der Waals surface area contributed by atoms with Crippen LogP contribution in [0.3, 0.4) is 0 Å². The van der Waals surface area contributed by atoms with Crippen LogP contribution in [0.25, 0.3) is 16.9 Å². The van der Waals surface area contributed by atoms with Gasteiger partial charge in [-0.1, -0.05) is 0 Å². The Balaban J connectivity index is 1.51. The Bertz CT molecular complexity index is 1160. The molecule has 3 aromatic rings. The first-order valence-electron chi connectivity index (χ1n) is 9.93. The van der Waals surface area contributed by atoms with Crippen LogP contribution in [0.4, 0.5) is 8.78 Å². The number of hydrogen-bond acceptors (Lipinski definition) is 5. The second kappa shape index (κ2) is 7.57. The van der Waals surface area contributed by atoms with Crippen LogP contribution in [0.15, 0.2) is 48.8 Å². The lowest BCUT2D eigenvalue weighted by Crippen LogP contribution is -2.44. The molecule has 7 nitrogen and oxygen atoms in total. The van der Waals surface area contributed by atoms with Crippen molar-refractivity contribution in [1.29, 1.82) is 0 Å². The Kier molecular flexibility index (Phi) is 4.72. The van der Waals surface area contributed by atoms with Crippen molar-refractivity contribution in [2.75, 3.05) is 19.7 Å². The first kappa shape index (κ1) is 19.3. The quantitative estimate of drug-likeness (QED) is 0.605. The highest BCUT2D eigenvalue weighted by Crippen LogP contribution is 2.32. The summed E-state index contributed by atoms with van der Waals surface area (Å²) >= 11 is 0. The Labute approximate surface area is 176 Å². The van der Waals surface area contributed by atoms with E-state index in [2.05, 4.69) is 10.1 Å². The number of piperidine rings is 1. The molecule has 9 heteroatoms. The van der Waals surface area contributed by atoms with Crippen LogP contribution in [-0.4, -0.2) is 51.2 Å². The first-order valence-corrected chi connectivity index (χ1v) is 9.93. The zero-order chi connectivity index (χ0) is 21.5. The monoisotopic (exact) mass is 424 g/mol. The fourth-order valence-corrected chi connectivity index (χ4v) is 4.18. The van der Waals surface area contributed by atoms with E-state index in [0.717, 1.165) is 17.7 Å². The second-order valence-electron chi connectivity index (χ2n) is 7.70. The summed E-state index contributed by atoms with van der Waals surface area (Å²) in [6.07, 6.45) is 3.75. The number of esters is 1. The number of ether oxygens (including phenoxy) is 1. The second-order valence-corrected chi connectivity index (χ2v) is 7.70. The number of rotatable bonds is 3. The molecule has 2 fully saturated rings. The number of amides is 1. The lowest BCUT2D eigenvalue weighted by atomic mass is 9.88. The van der Waals surface area contributed by atoms with Gasteiger partial charge in [-0.2, -0.15) is 5.10 Å². The van der Waals surface area contributed by atoms with E-state index in [1.54, 1.807) is 35.5 Å². The van der Waals surface area contributed by atoms with E-state index in [9.17, 15) is 18.4 Å². The van der Waals surface area contributed by atoms with Gasteiger partial charge in [0.2, 0.25) is 0 Å². The predicted molar refractivity (Wildman–Crippen MR) is 105 cm³/mol. The average molecular weight is 424 g/mol. The number of fused-ring (bicyclic) bond motifs is 1. The van der Waals surface area contributed by atoms with Gasteiger partial charge in [0.05, 0.1) is 23.9 Å². The third-order valence-corrected chi connectivity index (χ3v) is 5.82. The zero-order valence-corrected chi connectivity index (χ0v) is 16.4. The van der Waals surface area contributed by atoms with Crippen molar-refractivity contribution in [2.45, 2.75) is 6.42 Å². The van der Waals surface area contributed by atoms with Crippen molar-refractivity contribution < 1.29 is 23.1 Å². The minimum atomic E-state index is -1.01. The lowest BCUT2D eigenvalue weighted by Gasteiger charge is -2.32. The summed E-state index contributed by atoms with van der Waals surface area (Å²) in [4.78, 5) is 30.6. The van der Waals surface area contributed by atoms with E-state index in [-0.39, 0.29) is 29.4 Å². The minimum Gasteiger partial charge on any atom is -0.465 e. The summed E-state index contributed by atoms with van der Waals surface area (Å²) in [5, 5.41) is 4.42. The number of halogens is 2. The maximum Gasteiger partial charge on any atom is 0.309 e. The third-order valence-electron chi connectivity index (χ3n) is 5.82. The molecule has 0 bridgehead atoms. The molecule has 1 amide bonds. The molecule has 2 aromatic heterocycles. The van der Waals surface area contributed by atoms with Crippen LogP contribution in [0.5, 0.6) is 0 Å². The minimum absolute atomic E-state index is 0.0156. The number of carbonyl (C=O) groups is 2. The van der Waals surface area contributed by atoms with Crippen LogP contribution in [0.1, 0.15) is 16.9 Å². The third kappa shape index (κ3) is 3.45. The zero-order valence-electron chi connectivity index (χ0n) is 16.4. The molecule has 0 N–H and O–H groups in total. The van der Waals surface area contributed by atoms with Gasteiger partial charge in [0.25, 0.3) is 5.91 Å². The van der Waals surface area contributed by atoms with Crippen molar-refractivity contribution in [1.82, 2.24) is 19.7 Å². The Morgan fingerprint density at radius 1 is 1.10 bits per heavy atom. The number of benzene rings is 1. The molecule has 158 valence electrons. The molecule has 31 heavy (non-hydrogen) atoms. The molecule has 0 radical (unpaired) electrons. The maximum atomic E-state index is 13.9. The van der Waals surface area contributed by atoms with E-state index in [1.165, 1.54) is 10.7 Å². The molecular weight excluding hydrogens is 406 g/mol. The number of hydrogen-bond donors (Lipinski definition) is 0. The molecule has 1 aromatic carbocycles. The number of likely N-dealkylation sites (tertiary alicyclic amines) is 1. The number of carbonyl (C=O) groups excluding carboxylic acids is 2. The normalized spacial score (nSPS) is 20.5. The van der Waals surface area contributed by atoms with Gasteiger partial charge in [-0.25, -0.2) is 13.5 Å². The largest absolute Gasteiger partial charge is 0.465 e. The molecule has 0 aliphatic carbocycles. The number of cyclic esters (lactones) is 1. The smallest absolute Gasteiger partial charge is 0.309 e. The molecular formula is C22H18F2N4O3. The van der Waals surface area contributed by atoms with Gasteiger partial charge in [-0.05, 0) is 36.8 Å². The van der Waals surface area contributed by atoms with Crippen LogP contribution in [0.2, 0.25) is 0 Å². The molecule has 2 aliphatic rings. The van der Waals surface area contributed by atoms with Gasteiger partial charge in [0.1, 0.15) is 0 Å². The van der Waals surface area contributed by atoms with Gasteiger partial charge in [-0.15, -0.1) is 0 Å². The van der Waals surface area contributed by atoms with Crippen LogP contribution in [-0.2, 0) is 9.53 Å². The number of nitrogens with zero attached hydrogens (tertiary/aromatic N) is 4. The van der Waals surface area contributed by atoms with Gasteiger partial charge in [0.15, 0.2) is 17.3 Å². The highest BCUT2D eigenvalue weighted by Gasteiger charge is 2.42. The van der Waals surface area contributed by atoms with Gasteiger partial charge < -0.3 is 9.64 Å². The molecule has 2 saturated heterocycles. The standard InChI is InChI=1S/C22H18F2N4O3/c23-17-2-1-15(9-18(17)24)28-20(13-3-6-25-7-4-13)10-19(26-28)21(29)27-8-5-16-14(11-27)12-31-22(16)30/h1-4,6-7,9-10,14,16H,5,8,11-12H2/t14-,16?/m0/s1. The van der Waals surface area contributed by atoms with Crippen LogP contribution >= 0.6 is 0 Å². The molecule has 1 unspecified atom stereocenters. The van der Waals surface area contributed by atoms with Crippen molar-refractivity contribution >= 4 is 11.9 Å². The molecule has 0 saturated carbocycles. The predicted octanol–water partition coefficient (Wildman–Crippen LogP) is 2.85. The number of aromatic nitrogens is 3. The average Bonchev–Trinajstić information content (AvgIpc) is 3.40. The van der Waals surface area contributed by atoms with E-state index in [0.29, 0.717) is 37.5 Å². The molecule has 0 spiro atoms. The van der Waals surface area contributed by atoms with Gasteiger partial charge in [-0.3, -0.25) is 14.6 Å². The SMILES string of the molecule is O=C1OC[C@@H]2CN(C(=O)c3cc(-c4ccncc4)n(-c4ccc(F)c(F)c4)n3)CCC12. The molecule has 5 rings (SSSR count). The lowest BCUT2D eigenvalue weighted by molar-refractivity contribution is -0.141. The summed E-state index contributed by atoms with van der Waals surface area (Å²) in [6.45, 7) is 1.16. The fourth-order valence-electron chi connectivity index (χ4n) is 4.18. The van der Waals surface area contributed by atoms with Crippen molar-refractivity contribution in [2.24, 2.45) is 11.8 Å². The number of pyridine rings is 1. The summed E-state index contributed by atoms with van der Waals surface area (Å²) in [7, 11) is 0. The summed E-state index contributed by atoms with van der Waals surface area (Å²) < 4.78 is 33.9. The Morgan fingerprint density at radius 2 is 1.90 bits per heavy atom. The Hall–Kier alpha value is -3.62. The summed E-state index contributed by atoms with van der Waals surface area (Å²) in [5.41, 5.74) is 1.74. The van der Waals surface area contributed by atoms with Crippen molar-refractivity contribution in [3.63, 3.8) is 0 Å². The summed E-state index contributed by atoms with van der Waals surface area (Å²) in [6, 6.07) is 8.57. The maximum absolute atomic E-state index is 13.9. The van der Waals surface area contributed by atoms with Gasteiger partial charge in [0, 0.05) is 43.0 Å². The molecule has 2 aliphatic heterocycles. The highest BCUT2D eigenvalue weighted by atomic mass is 19.2.